The van der Waals surface area contributed by atoms with Crippen LogP contribution in [0.3, 0.4) is 0 Å². The molecule has 0 fully saturated rings. The number of rotatable bonds is 1. The number of hydrogen-bond donors (Lipinski definition) is 0. The molecular formula is C15H10ClF. The molecule has 0 atom stereocenters. The van der Waals surface area contributed by atoms with Crippen molar-refractivity contribution in [2.75, 3.05) is 0 Å². The molecule has 17 heavy (non-hydrogen) atoms. The number of halogens is 2. The fraction of sp³-hybridized carbons (Fsp3) is 0.0667. The van der Waals surface area contributed by atoms with Gasteiger partial charge in [-0.1, -0.05) is 35.7 Å². The molecule has 0 radical (unpaired) electrons. The van der Waals surface area contributed by atoms with E-state index >= 15 is 0 Å². The number of aryl methyl sites for hydroxylation is 1. The molecule has 0 nitrogen and oxygen atoms in total. The van der Waals surface area contributed by atoms with Gasteiger partial charge in [0.15, 0.2) is 0 Å². The van der Waals surface area contributed by atoms with E-state index < -0.39 is 5.82 Å². The van der Waals surface area contributed by atoms with E-state index in [1.54, 1.807) is 12.1 Å². The first-order chi connectivity index (χ1) is 8.11. The topological polar surface area (TPSA) is 0 Å². The van der Waals surface area contributed by atoms with Crippen LogP contribution in [0.4, 0.5) is 4.39 Å². The number of hydrogen-bond acceptors (Lipinski definition) is 0. The Labute approximate surface area is 105 Å². The SMILES string of the molecule is C#Cc1cc(-c2ccc(Cl)c(F)c2)ccc1C. The van der Waals surface area contributed by atoms with Crippen LogP contribution in [-0.2, 0) is 0 Å². The smallest absolute Gasteiger partial charge is 0.142 e. The number of benzene rings is 2. The zero-order chi connectivity index (χ0) is 12.4. The average molecular weight is 245 g/mol. The third-order valence-corrected chi connectivity index (χ3v) is 2.95. The predicted molar refractivity (Wildman–Crippen MR) is 69.5 cm³/mol. The summed E-state index contributed by atoms with van der Waals surface area (Å²) in [6.45, 7) is 1.95. The van der Waals surface area contributed by atoms with Gasteiger partial charge in [-0.05, 0) is 41.8 Å². The lowest BCUT2D eigenvalue weighted by atomic mass is 10.00. The van der Waals surface area contributed by atoms with Gasteiger partial charge in [-0.15, -0.1) is 6.42 Å². The molecule has 0 heterocycles. The van der Waals surface area contributed by atoms with Crippen molar-refractivity contribution in [2.24, 2.45) is 0 Å². The highest BCUT2D eigenvalue weighted by atomic mass is 35.5. The van der Waals surface area contributed by atoms with Gasteiger partial charge in [-0.3, -0.25) is 0 Å². The van der Waals surface area contributed by atoms with Crippen LogP contribution in [0.25, 0.3) is 11.1 Å². The maximum absolute atomic E-state index is 13.4. The van der Waals surface area contributed by atoms with Gasteiger partial charge in [0.05, 0.1) is 5.02 Å². The van der Waals surface area contributed by atoms with Crippen molar-refractivity contribution in [3.63, 3.8) is 0 Å². The van der Waals surface area contributed by atoms with Crippen LogP contribution in [0.15, 0.2) is 36.4 Å². The molecule has 0 saturated carbocycles. The Morgan fingerprint density at radius 3 is 2.41 bits per heavy atom. The van der Waals surface area contributed by atoms with Gasteiger partial charge in [-0.25, -0.2) is 4.39 Å². The van der Waals surface area contributed by atoms with Crippen LogP contribution < -0.4 is 0 Å². The van der Waals surface area contributed by atoms with Crippen LogP contribution in [0.2, 0.25) is 5.02 Å². The second kappa shape index (κ2) is 4.61. The van der Waals surface area contributed by atoms with Crippen molar-refractivity contribution in [1.82, 2.24) is 0 Å². The predicted octanol–water partition coefficient (Wildman–Crippen LogP) is 4.44. The zero-order valence-corrected chi connectivity index (χ0v) is 10.1. The van der Waals surface area contributed by atoms with Crippen LogP contribution >= 0.6 is 11.6 Å². The molecular weight excluding hydrogens is 235 g/mol. The normalized spacial score (nSPS) is 10.0. The lowest BCUT2D eigenvalue weighted by Crippen LogP contribution is -1.86. The first-order valence-electron chi connectivity index (χ1n) is 5.14. The Kier molecular flexibility index (Phi) is 3.17. The summed E-state index contributed by atoms with van der Waals surface area (Å²) in [6.07, 6.45) is 5.41. The maximum Gasteiger partial charge on any atom is 0.142 e. The van der Waals surface area contributed by atoms with Crippen molar-refractivity contribution in [3.8, 4) is 23.5 Å². The summed E-state index contributed by atoms with van der Waals surface area (Å²) in [5.41, 5.74) is 3.51. The van der Waals surface area contributed by atoms with Crippen LogP contribution in [-0.4, -0.2) is 0 Å². The summed E-state index contributed by atoms with van der Waals surface area (Å²) in [6, 6.07) is 10.4. The number of terminal acetylenes is 1. The Bertz CT molecular complexity index is 609. The van der Waals surface area contributed by atoms with E-state index in [1.165, 1.54) is 6.07 Å². The van der Waals surface area contributed by atoms with Crippen molar-refractivity contribution < 1.29 is 4.39 Å². The minimum atomic E-state index is -0.424. The van der Waals surface area contributed by atoms with Crippen LogP contribution in [0.1, 0.15) is 11.1 Å². The van der Waals surface area contributed by atoms with E-state index in [0.717, 1.165) is 22.3 Å². The van der Waals surface area contributed by atoms with Crippen molar-refractivity contribution in [3.05, 3.63) is 58.4 Å². The Morgan fingerprint density at radius 1 is 1.12 bits per heavy atom. The van der Waals surface area contributed by atoms with Gasteiger partial charge < -0.3 is 0 Å². The maximum atomic E-state index is 13.4. The molecule has 0 amide bonds. The Hall–Kier alpha value is -1.78. The molecule has 0 bridgehead atoms. The largest absolute Gasteiger partial charge is 0.205 e. The van der Waals surface area contributed by atoms with E-state index in [9.17, 15) is 4.39 Å². The molecule has 84 valence electrons. The van der Waals surface area contributed by atoms with E-state index in [1.807, 2.05) is 25.1 Å². The molecule has 2 aromatic rings. The third-order valence-electron chi connectivity index (χ3n) is 2.65. The quantitative estimate of drug-likeness (QED) is 0.651. The summed E-state index contributed by atoms with van der Waals surface area (Å²) in [7, 11) is 0. The first kappa shape index (κ1) is 11.7. The van der Waals surface area contributed by atoms with Crippen molar-refractivity contribution >= 4 is 11.6 Å². The Balaban J connectivity index is 2.54. The minimum Gasteiger partial charge on any atom is -0.205 e. The van der Waals surface area contributed by atoms with E-state index in [2.05, 4.69) is 5.92 Å². The standard InChI is InChI=1S/C15H10ClF/c1-3-11-8-12(5-4-10(11)2)13-6-7-14(16)15(17)9-13/h1,4-9H,2H3. The third kappa shape index (κ3) is 2.33. The fourth-order valence-corrected chi connectivity index (χ4v) is 1.75. The van der Waals surface area contributed by atoms with Gasteiger partial charge >= 0.3 is 0 Å². The van der Waals surface area contributed by atoms with Crippen molar-refractivity contribution in [1.29, 1.82) is 0 Å². The molecule has 0 aromatic heterocycles. The van der Waals surface area contributed by atoms with E-state index in [-0.39, 0.29) is 5.02 Å². The molecule has 2 rings (SSSR count). The fourth-order valence-electron chi connectivity index (χ4n) is 1.63. The second-order valence-corrected chi connectivity index (χ2v) is 4.21. The summed E-state index contributed by atoms with van der Waals surface area (Å²) < 4.78 is 13.4. The highest BCUT2D eigenvalue weighted by molar-refractivity contribution is 6.30. The van der Waals surface area contributed by atoms with Crippen molar-refractivity contribution in [2.45, 2.75) is 6.92 Å². The summed E-state index contributed by atoms with van der Waals surface area (Å²) in [5.74, 6) is 2.19. The average Bonchev–Trinajstić information content (AvgIpc) is 2.33. The molecule has 2 heteroatoms. The first-order valence-corrected chi connectivity index (χ1v) is 5.52. The molecule has 0 aliphatic heterocycles. The lowest BCUT2D eigenvalue weighted by Gasteiger charge is -2.05. The molecule has 0 spiro atoms. The molecule has 0 aliphatic rings. The lowest BCUT2D eigenvalue weighted by molar-refractivity contribution is 0.629. The summed E-state index contributed by atoms with van der Waals surface area (Å²) in [4.78, 5) is 0. The van der Waals surface area contributed by atoms with E-state index in [0.29, 0.717) is 0 Å². The monoisotopic (exact) mass is 244 g/mol. The van der Waals surface area contributed by atoms with E-state index in [4.69, 9.17) is 18.0 Å². The van der Waals surface area contributed by atoms with Gasteiger partial charge in [0, 0.05) is 5.56 Å². The Morgan fingerprint density at radius 2 is 1.76 bits per heavy atom. The van der Waals surface area contributed by atoms with Crippen LogP contribution in [0, 0.1) is 25.1 Å². The molecule has 0 N–H and O–H groups in total. The minimum absolute atomic E-state index is 0.123. The highest BCUT2D eigenvalue weighted by Crippen LogP contribution is 2.25. The summed E-state index contributed by atoms with van der Waals surface area (Å²) >= 11 is 5.64. The molecule has 0 saturated heterocycles. The van der Waals surface area contributed by atoms with Gasteiger partial charge in [0.2, 0.25) is 0 Å². The summed E-state index contributed by atoms with van der Waals surface area (Å²) in [5, 5.41) is 0.123. The second-order valence-electron chi connectivity index (χ2n) is 3.80. The molecule has 0 unspecified atom stereocenters. The molecule has 0 aliphatic carbocycles. The van der Waals surface area contributed by atoms with Gasteiger partial charge in [0.25, 0.3) is 0 Å². The highest BCUT2D eigenvalue weighted by Gasteiger charge is 2.04. The van der Waals surface area contributed by atoms with Gasteiger partial charge in [-0.2, -0.15) is 0 Å². The zero-order valence-electron chi connectivity index (χ0n) is 9.30. The van der Waals surface area contributed by atoms with Crippen LogP contribution in [0.5, 0.6) is 0 Å². The molecule has 2 aromatic carbocycles. The van der Waals surface area contributed by atoms with Gasteiger partial charge in [0.1, 0.15) is 5.82 Å².